The second-order valence-corrected chi connectivity index (χ2v) is 6.28. The first kappa shape index (κ1) is 23.1. The molecule has 0 fully saturated rings. The maximum absolute atomic E-state index is 6.09. The van der Waals surface area contributed by atoms with E-state index >= 15 is 0 Å². The van der Waals surface area contributed by atoms with Crippen LogP contribution in [0.3, 0.4) is 0 Å². The van der Waals surface area contributed by atoms with Crippen LogP contribution in [0.15, 0.2) is 35.3 Å². The lowest BCUT2D eigenvalue weighted by molar-refractivity contribution is 0.133. The predicted octanol–water partition coefficient (Wildman–Crippen LogP) is 4.35. The van der Waals surface area contributed by atoms with Gasteiger partial charge in [0.25, 0.3) is 0 Å². The maximum Gasteiger partial charge on any atom is 0.191 e. The Morgan fingerprint density at radius 3 is 2.38 bits per heavy atom. The summed E-state index contributed by atoms with van der Waals surface area (Å²) in [6, 6.07) is 10.1. The van der Waals surface area contributed by atoms with Crippen LogP contribution in [-0.2, 0) is 31.5 Å². The number of halogens is 3. The van der Waals surface area contributed by atoms with E-state index < -0.39 is 0 Å². The van der Waals surface area contributed by atoms with Crippen LogP contribution < -0.4 is 10.6 Å². The summed E-state index contributed by atoms with van der Waals surface area (Å²) in [5.74, 6) is 0.708. The van der Waals surface area contributed by atoms with Crippen molar-refractivity contribution in [3.8, 4) is 0 Å². The number of hydrogen-bond donors (Lipinski definition) is 2. The Morgan fingerprint density at radius 2 is 1.81 bits per heavy atom. The zero-order valence-corrected chi connectivity index (χ0v) is 19.0. The molecule has 0 aliphatic heterocycles. The van der Waals surface area contributed by atoms with E-state index in [4.69, 9.17) is 27.9 Å². The van der Waals surface area contributed by atoms with E-state index in [-0.39, 0.29) is 24.0 Å². The molecule has 0 spiro atoms. The van der Waals surface area contributed by atoms with Crippen molar-refractivity contribution in [1.82, 2.24) is 15.2 Å². The molecule has 0 aliphatic carbocycles. The third kappa shape index (κ3) is 6.33. The number of ether oxygens (including phenoxy) is 1. The van der Waals surface area contributed by atoms with Gasteiger partial charge >= 0.3 is 0 Å². The van der Waals surface area contributed by atoms with Crippen molar-refractivity contribution in [3.05, 3.63) is 57.3 Å². The third-order valence-corrected chi connectivity index (χ3v) is 4.74. The monoisotopic (exact) mass is 510 g/mol. The van der Waals surface area contributed by atoms with Crippen LogP contribution in [0.5, 0.6) is 0 Å². The molecule has 0 saturated heterocycles. The molecule has 0 saturated carbocycles. The second kappa shape index (κ2) is 11.7. The number of nitrogens with zero attached hydrogens (tertiary/aromatic N) is 2. The van der Waals surface area contributed by atoms with Gasteiger partial charge in [-0.25, -0.2) is 0 Å². The van der Waals surface area contributed by atoms with Crippen molar-refractivity contribution in [2.45, 2.75) is 26.6 Å². The Hall–Kier alpha value is -0.960. The highest BCUT2D eigenvalue weighted by Gasteiger charge is 2.09. The molecule has 0 unspecified atom stereocenters. The van der Waals surface area contributed by atoms with Gasteiger partial charge in [0, 0.05) is 32.9 Å². The van der Waals surface area contributed by atoms with Gasteiger partial charge in [-0.1, -0.05) is 47.5 Å². The largest absolute Gasteiger partial charge is 0.377 e. The number of benzene rings is 1. The zero-order valence-electron chi connectivity index (χ0n) is 15.2. The number of aromatic nitrogens is 1. The van der Waals surface area contributed by atoms with Gasteiger partial charge in [0.2, 0.25) is 0 Å². The van der Waals surface area contributed by atoms with E-state index in [1.807, 2.05) is 36.7 Å². The lowest BCUT2D eigenvalue weighted by Crippen LogP contribution is -2.36. The SMILES string of the molecule is CCOCc1ccccc1CNC(=NC)NCc1cc(Cl)c(Cl)n1C.I. The lowest BCUT2D eigenvalue weighted by Gasteiger charge is -2.14. The Bertz CT molecular complexity index is 734. The molecule has 2 aromatic rings. The molecule has 144 valence electrons. The minimum absolute atomic E-state index is 0. The van der Waals surface area contributed by atoms with E-state index in [0.29, 0.717) is 42.4 Å². The number of hydrogen-bond acceptors (Lipinski definition) is 2. The van der Waals surface area contributed by atoms with Crippen molar-refractivity contribution < 1.29 is 4.74 Å². The van der Waals surface area contributed by atoms with Gasteiger partial charge in [-0.3, -0.25) is 4.99 Å². The molecule has 0 radical (unpaired) electrons. The summed E-state index contributed by atoms with van der Waals surface area (Å²) >= 11 is 12.1. The molecule has 2 N–H and O–H groups in total. The zero-order chi connectivity index (χ0) is 18.2. The van der Waals surface area contributed by atoms with Crippen LogP contribution in [0.2, 0.25) is 10.2 Å². The summed E-state index contributed by atoms with van der Waals surface area (Å²) in [5, 5.41) is 7.67. The summed E-state index contributed by atoms with van der Waals surface area (Å²) in [6.07, 6.45) is 0. The Labute approximate surface area is 182 Å². The van der Waals surface area contributed by atoms with Gasteiger partial charge in [0.15, 0.2) is 5.96 Å². The van der Waals surface area contributed by atoms with Gasteiger partial charge < -0.3 is 19.9 Å². The smallest absolute Gasteiger partial charge is 0.191 e. The molecular formula is C18H25Cl2IN4O. The van der Waals surface area contributed by atoms with Gasteiger partial charge in [0.1, 0.15) is 5.15 Å². The molecule has 8 heteroatoms. The highest BCUT2D eigenvalue weighted by molar-refractivity contribution is 14.0. The molecule has 1 aromatic heterocycles. The fourth-order valence-corrected chi connectivity index (χ4v) is 2.83. The van der Waals surface area contributed by atoms with Crippen molar-refractivity contribution in [2.75, 3.05) is 13.7 Å². The summed E-state index contributed by atoms with van der Waals surface area (Å²) in [4.78, 5) is 4.26. The normalized spacial score (nSPS) is 11.2. The molecule has 0 atom stereocenters. The molecule has 1 heterocycles. The van der Waals surface area contributed by atoms with Gasteiger partial charge in [-0.05, 0) is 24.1 Å². The van der Waals surface area contributed by atoms with Crippen LogP contribution >= 0.6 is 47.2 Å². The third-order valence-electron chi connectivity index (χ3n) is 3.90. The lowest BCUT2D eigenvalue weighted by atomic mass is 10.1. The fraction of sp³-hybridized carbons (Fsp3) is 0.389. The molecule has 0 bridgehead atoms. The van der Waals surface area contributed by atoms with Crippen molar-refractivity contribution in [3.63, 3.8) is 0 Å². The van der Waals surface area contributed by atoms with E-state index in [2.05, 4.69) is 27.8 Å². The molecule has 2 rings (SSSR count). The minimum Gasteiger partial charge on any atom is -0.377 e. The summed E-state index contributed by atoms with van der Waals surface area (Å²) in [5.41, 5.74) is 3.34. The topological polar surface area (TPSA) is 50.6 Å². The molecule has 0 aliphatic rings. The summed E-state index contributed by atoms with van der Waals surface area (Å²) in [7, 11) is 3.62. The molecule has 5 nitrogen and oxygen atoms in total. The van der Waals surface area contributed by atoms with E-state index in [0.717, 1.165) is 5.69 Å². The van der Waals surface area contributed by atoms with Crippen molar-refractivity contribution in [1.29, 1.82) is 0 Å². The van der Waals surface area contributed by atoms with E-state index in [9.17, 15) is 0 Å². The Balaban J connectivity index is 0.00000338. The maximum atomic E-state index is 6.09. The first-order valence-electron chi connectivity index (χ1n) is 8.15. The Kier molecular flexibility index (Phi) is 10.4. The van der Waals surface area contributed by atoms with Gasteiger partial charge in [-0.2, -0.15) is 0 Å². The van der Waals surface area contributed by atoms with Crippen LogP contribution in [-0.4, -0.2) is 24.2 Å². The van der Waals surface area contributed by atoms with Crippen molar-refractivity contribution >= 4 is 53.1 Å². The number of guanidine groups is 1. The van der Waals surface area contributed by atoms with Crippen LogP contribution in [0.25, 0.3) is 0 Å². The van der Waals surface area contributed by atoms with Gasteiger partial charge in [-0.15, -0.1) is 24.0 Å². The Morgan fingerprint density at radius 1 is 1.15 bits per heavy atom. The first-order valence-corrected chi connectivity index (χ1v) is 8.91. The standard InChI is InChI=1S/C18H24Cl2N4O.HI/c1-4-25-12-14-8-6-5-7-13(14)10-22-18(21-2)23-11-15-9-16(19)17(20)24(15)3;/h5-9H,4,10-12H2,1-3H3,(H2,21,22,23);1H. The highest BCUT2D eigenvalue weighted by Crippen LogP contribution is 2.24. The second-order valence-electron chi connectivity index (χ2n) is 5.52. The molecule has 0 amide bonds. The number of aliphatic imine (C=N–C) groups is 1. The molecular weight excluding hydrogens is 486 g/mol. The minimum atomic E-state index is 0. The van der Waals surface area contributed by atoms with Gasteiger partial charge in [0.05, 0.1) is 18.2 Å². The number of rotatable bonds is 7. The van der Waals surface area contributed by atoms with Crippen LogP contribution in [0.4, 0.5) is 0 Å². The summed E-state index contributed by atoms with van der Waals surface area (Å²) < 4.78 is 7.37. The van der Waals surface area contributed by atoms with Crippen LogP contribution in [0.1, 0.15) is 23.7 Å². The van der Waals surface area contributed by atoms with Crippen LogP contribution in [0, 0.1) is 0 Å². The molecule has 1 aromatic carbocycles. The predicted molar refractivity (Wildman–Crippen MR) is 120 cm³/mol. The highest BCUT2D eigenvalue weighted by atomic mass is 127. The van der Waals surface area contributed by atoms with E-state index in [1.54, 1.807) is 7.05 Å². The quantitative estimate of drug-likeness (QED) is 0.330. The molecule has 26 heavy (non-hydrogen) atoms. The fourth-order valence-electron chi connectivity index (χ4n) is 2.42. The summed E-state index contributed by atoms with van der Waals surface area (Å²) in [6.45, 7) is 4.54. The average molecular weight is 511 g/mol. The first-order chi connectivity index (χ1) is 12.1. The van der Waals surface area contributed by atoms with Crippen molar-refractivity contribution in [2.24, 2.45) is 12.0 Å². The average Bonchev–Trinajstić information content (AvgIpc) is 2.87. The van der Waals surface area contributed by atoms with E-state index in [1.165, 1.54) is 11.1 Å². The number of nitrogens with one attached hydrogen (secondary N) is 2.